The molecular formula is C17H11NO3. The van der Waals surface area contributed by atoms with E-state index in [0.29, 0.717) is 22.4 Å². The number of benzene rings is 1. The molecule has 0 saturated carbocycles. The Bertz CT molecular complexity index is 801. The molecule has 1 aromatic carbocycles. The lowest BCUT2D eigenvalue weighted by atomic mass is 9.88. The van der Waals surface area contributed by atoms with E-state index in [2.05, 4.69) is 4.98 Å². The molecule has 0 fully saturated rings. The van der Waals surface area contributed by atoms with Gasteiger partial charge in [0.05, 0.1) is 11.3 Å². The number of hydrogen-bond acceptors (Lipinski definition) is 4. The zero-order valence-electron chi connectivity index (χ0n) is 11.3. The molecule has 4 nitrogen and oxygen atoms in total. The number of rotatable bonds is 2. The Labute approximate surface area is 121 Å². The van der Waals surface area contributed by atoms with E-state index in [1.165, 1.54) is 19.2 Å². The van der Waals surface area contributed by atoms with Crippen molar-refractivity contribution in [3.05, 3.63) is 71.1 Å². The summed E-state index contributed by atoms with van der Waals surface area (Å²) >= 11 is 0. The summed E-state index contributed by atoms with van der Waals surface area (Å²) in [6, 6.07) is 9.90. The van der Waals surface area contributed by atoms with E-state index in [1.807, 2.05) is 0 Å². The molecule has 0 unspecified atom stereocenters. The highest BCUT2D eigenvalue weighted by molar-refractivity contribution is 6.38. The third-order valence-electron chi connectivity index (χ3n) is 3.40. The largest absolute Gasteiger partial charge is 0.294 e. The third-order valence-corrected chi connectivity index (χ3v) is 3.40. The second kappa shape index (κ2) is 4.90. The number of nitrogens with zero attached hydrogens (tertiary/aromatic N) is 1. The first-order valence-electron chi connectivity index (χ1n) is 6.45. The summed E-state index contributed by atoms with van der Waals surface area (Å²) in [7, 11) is 0. The van der Waals surface area contributed by atoms with Crippen LogP contribution in [-0.2, 0) is 0 Å². The normalized spacial score (nSPS) is 13.7. The molecule has 1 heterocycles. The minimum atomic E-state index is -0.228. The van der Waals surface area contributed by atoms with E-state index in [4.69, 9.17) is 0 Å². The summed E-state index contributed by atoms with van der Waals surface area (Å²) in [4.78, 5) is 39.9. The maximum Gasteiger partial charge on any atom is 0.196 e. The lowest BCUT2D eigenvalue weighted by Gasteiger charge is -2.14. The highest BCUT2D eigenvalue weighted by Crippen LogP contribution is 2.26. The van der Waals surface area contributed by atoms with Gasteiger partial charge in [-0.3, -0.25) is 19.4 Å². The number of fused-ring (bicyclic) bond motifs is 1. The average molecular weight is 277 g/mol. The third kappa shape index (κ3) is 2.21. The summed E-state index contributed by atoms with van der Waals surface area (Å²) in [5.74, 6) is -0.537. The summed E-state index contributed by atoms with van der Waals surface area (Å²) in [5, 5.41) is 0. The van der Waals surface area contributed by atoms with Crippen LogP contribution in [0.5, 0.6) is 0 Å². The Morgan fingerprint density at radius 2 is 1.71 bits per heavy atom. The number of aromatic nitrogens is 1. The molecule has 0 N–H and O–H groups in total. The molecule has 0 aliphatic heterocycles. The van der Waals surface area contributed by atoms with E-state index < -0.39 is 0 Å². The van der Waals surface area contributed by atoms with Gasteiger partial charge >= 0.3 is 0 Å². The SMILES string of the molecule is CC(=O)c1ccc(C2=CC(=O)c3ccccc3C2=O)nc1. The molecule has 0 atom stereocenters. The molecular weight excluding hydrogens is 266 g/mol. The van der Waals surface area contributed by atoms with Gasteiger partial charge in [0, 0.05) is 22.9 Å². The monoisotopic (exact) mass is 277 g/mol. The van der Waals surface area contributed by atoms with Crippen molar-refractivity contribution in [3.63, 3.8) is 0 Å². The molecule has 3 rings (SSSR count). The van der Waals surface area contributed by atoms with Crippen LogP contribution in [0.1, 0.15) is 43.7 Å². The van der Waals surface area contributed by atoms with Crippen molar-refractivity contribution in [2.24, 2.45) is 0 Å². The molecule has 102 valence electrons. The highest BCUT2D eigenvalue weighted by atomic mass is 16.1. The fraction of sp³-hybridized carbons (Fsp3) is 0.0588. The van der Waals surface area contributed by atoms with Crippen molar-refractivity contribution in [1.82, 2.24) is 4.98 Å². The van der Waals surface area contributed by atoms with Crippen molar-refractivity contribution in [2.75, 3.05) is 0 Å². The summed E-state index contributed by atoms with van der Waals surface area (Å²) < 4.78 is 0. The molecule has 0 amide bonds. The van der Waals surface area contributed by atoms with Crippen molar-refractivity contribution in [3.8, 4) is 0 Å². The molecule has 2 aromatic rings. The number of hydrogen-bond donors (Lipinski definition) is 0. The van der Waals surface area contributed by atoms with E-state index >= 15 is 0 Å². The predicted octanol–water partition coefficient (Wildman–Crippen LogP) is 2.75. The highest BCUT2D eigenvalue weighted by Gasteiger charge is 2.26. The van der Waals surface area contributed by atoms with Crippen LogP contribution in [0.25, 0.3) is 5.57 Å². The van der Waals surface area contributed by atoms with Gasteiger partial charge in [-0.15, -0.1) is 0 Å². The summed E-state index contributed by atoms with van der Waals surface area (Å²) in [6.45, 7) is 1.45. The quantitative estimate of drug-likeness (QED) is 0.792. The number of carbonyl (C=O) groups excluding carboxylic acids is 3. The molecule has 1 aromatic heterocycles. The first-order chi connectivity index (χ1) is 10.1. The molecule has 21 heavy (non-hydrogen) atoms. The second-order valence-electron chi connectivity index (χ2n) is 4.79. The van der Waals surface area contributed by atoms with Crippen LogP contribution in [0, 0.1) is 0 Å². The van der Waals surface area contributed by atoms with Gasteiger partial charge in [-0.1, -0.05) is 24.3 Å². The van der Waals surface area contributed by atoms with Crippen molar-refractivity contribution in [2.45, 2.75) is 6.92 Å². The molecule has 4 heteroatoms. The Morgan fingerprint density at radius 1 is 1.00 bits per heavy atom. The summed E-state index contributed by atoms with van der Waals surface area (Å²) in [6.07, 6.45) is 2.72. The number of carbonyl (C=O) groups is 3. The topological polar surface area (TPSA) is 64.1 Å². The van der Waals surface area contributed by atoms with E-state index in [0.717, 1.165) is 0 Å². The molecule has 1 aliphatic carbocycles. The van der Waals surface area contributed by atoms with Gasteiger partial charge in [0.25, 0.3) is 0 Å². The van der Waals surface area contributed by atoms with Crippen LogP contribution in [0.2, 0.25) is 0 Å². The van der Waals surface area contributed by atoms with Gasteiger partial charge in [0.1, 0.15) is 0 Å². The molecule has 0 bridgehead atoms. The molecule has 0 spiro atoms. The lowest BCUT2D eigenvalue weighted by Crippen LogP contribution is -2.16. The Kier molecular flexibility index (Phi) is 3.06. The van der Waals surface area contributed by atoms with Crippen LogP contribution < -0.4 is 0 Å². The van der Waals surface area contributed by atoms with Gasteiger partial charge in [0.2, 0.25) is 0 Å². The first kappa shape index (κ1) is 13.1. The minimum absolute atomic E-state index is 0.0978. The predicted molar refractivity (Wildman–Crippen MR) is 77.3 cm³/mol. The Hall–Kier alpha value is -2.88. The van der Waals surface area contributed by atoms with Crippen LogP contribution in [0.15, 0.2) is 48.7 Å². The van der Waals surface area contributed by atoms with Gasteiger partial charge in [-0.2, -0.15) is 0 Å². The zero-order chi connectivity index (χ0) is 15.0. The zero-order valence-corrected chi connectivity index (χ0v) is 11.3. The van der Waals surface area contributed by atoms with E-state index in [9.17, 15) is 14.4 Å². The molecule has 0 radical (unpaired) electrons. The minimum Gasteiger partial charge on any atom is -0.294 e. The van der Waals surface area contributed by atoms with Crippen molar-refractivity contribution < 1.29 is 14.4 Å². The van der Waals surface area contributed by atoms with Gasteiger partial charge in [-0.05, 0) is 25.1 Å². The standard InChI is InChI=1S/C17H11NO3/c1-10(19)11-6-7-15(18-9-11)14-8-16(20)12-4-2-3-5-13(12)17(14)21/h2-9H,1H3. The van der Waals surface area contributed by atoms with E-state index in [1.54, 1.807) is 36.4 Å². The number of Topliss-reactive ketones (excluding diaryl/α,β-unsaturated/α-hetero) is 2. The maximum absolute atomic E-state index is 12.5. The van der Waals surface area contributed by atoms with Crippen LogP contribution in [0.4, 0.5) is 0 Å². The Morgan fingerprint density at radius 3 is 2.33 bits per heavy atom. The van der Waals surface area contributed by atoms with Gasteiger partial charge < -0.3 is 0 Å². The lowest BCUT2D eigenvalue weighted by molar-refractivity contribution is 0.100. The second-order valence-corrected chi connectivity index (χ2v) is 4.79. The number of ketones is 3. The Balaban J connectivity index is 2.06. The molecule has 1 aliphatic rings. The van der Waals surface area contributed by atoms with Crippen LogP contribution in [0.3, 0.4) is 0 Å². The van der Waals surface area contributed by atoms with E-state index in [-0.39, 0.29) is 22.9 Å². The van der Waals surface area contributed by atoms with Gasteiger partial charge in [0.15, 0.2) is 17.3 Å². The fourth-order valence-corrected chi connectivity index (χ4v) is 2.27. The number of pyridine rings is 1. The van der Waals surface area contributed by atoms with Gasteiger partial charge in [-0.25, -0.2) is 0 Å². The average Bonchev–Trinajstić information content (AvgIpc) is 2.51. The molecule has 0 saturated heterocycles. The fourth-order valence-electron chi connectivity index (χ4n) is 2.27. The maximum atomic E-state index is 12.5. The first-order valence-corrected chi connectivity index (χ1v) is 6.45. The summed E-state index contributed by atoms with van der Waals surface area (Å²) in [5.41, 5.74) is 1.92. The van der Waals surface area contributed by atoms with Crippen LogP contribution in [-0.4, -0.2) is 22.3 Å². The van der Waals surface area contributed by atoms with Crippen molar-refractivity contribution >= 4 is 22.9 Å². The number of allylic oxidation sites excluding steroid dienone is 2. The van der Waals surface area contributed by atoms with Crippen LogP contribution >= 0.6 is 0 Å². The smallest absolute Gasteiger partial charge is 0.196 e. The van der Waals surface area contributed by atoms with Crippen molar-refractivity contribution in [1.29, 1.82) is 0 Å².